The molecule has 0 saturated heterocycles. The van der Waals surface area contributed by atoms with Crippen molar-refractivity contribution in [3.8, 4) is 0 Å². The first-order valence-electron chi connectivity index (χ1n) is 6.50. The molecule has 0 bridgehead atoms. The highest BCUT2D eigenvalue weighted by Gasteiger charge is 2.06. The fourth-order valence-corrected chi connectivity index (χ4v) is 1.73. The van der Waals surface area contributed by atoms with E-state index in [0.29, 0.717) is 6.04 Å². The predicted octanol–water partition coefficient (Wildman–Crippen LogP) is 2.42. The monoisotopic (exact) mass is 236 g/mol. The lowest BCUT2D eigenvalue weighted by molar-refractivity contribution is 0.122. The van der Waals surface area contributed by atoms with Crippen molar-refractivity contribution in [2.75, 3.05) is 20.3 Å². The lowest BCUT2D eigenvalue weighted by atomic mass is 10.1. The molecule has 0 spiro atoms. The highest BCUT2D eigenvalue weighted by molar-refractivity contribution is 5.10. The van der Waals surface area contributed by atoms with Crippen LogP contribution in [0.3, 0.4) is 0 Å². The Hall–Kier alpha value is -0.930. The third-order valence-corrected chi connectivity index (χ3v) is 2.87. The molecule has 1 atom stereocenters. The summed E-state index contributed by atoms with van der Waals surface area (Å²) in [5.41, 5.74) is 1.28. The van der Waals surface area contributed by atoms with Gasteiger partial charge in [-0.1, -0.05) is 19.4 Å². The molecule has 0 fully saturated rings. The number of hydrogen-bond donors (Lipinski definition) is 1. The Balaban J connectivity index is 2.20. The third kappa shape index (κ3) is 6.39. The quantitative estimate of drug-likeness (QED) is 0.669. The van der Waals surface area contributed by atoms with Crippen LogP contribution in [0.4, 0.5) is 0 Å². The molecule has 1 heterocycles. The van der Waals surface area contributed by atoms with Gasteiger partial charge in [-0.25, -0.2) is 0 Å². The summed E-state index contributed by atoms with van der Waals surface area (Å²) in [6, 6.07) is 4.58. The van der Waals surface area contributed by atoms with Crippen molar-refractivity contribution in [2.24, 2.45) is 0 Å². The second-order valence-electron chi connectivity index (χ2n) is 4.31. The maximum absolute atomic E-state index is 5.59. The third-order valence-electron chi connectivity index (χ3n) is 2.87. The molecule has 1 aromatic rings. The molecule has 1 N–H and O–H groups in total. The number of likely N-dealkylation sites (N-methyl/N-ethyl adjacent to an activating group) is 1. The Labute approximate surface area is 105 Å². The molecule has 0 aliphatic rings. The van der Waals surface area contributed by atoms with E-state index in [1.807, 2.05) is 25.5 Å². The van der Waals surface area contributed by atoms with Gasteiger partial charge in [0.1, 0.15) is 0 Å². The topological polar surface area (TPSA) is 34.1 Å². The van der Waals surface area contributed by atoms with E-state index in [2.05, 4.69) is 23.3 Å². The zero-order valence-electron chi connectivity index (χ0n) is 11.0. The highest BCUT2D eigenvalue weighted by atomic mass is 16.5. The van der Waals surface area contributed by atoms with Gasteiger partial charge >= 0.3 is 0 Å². The van der Waals surface area contributed by atoms with Crippen LogP contribution in [-0.4, -0.2) is 31.3 Å². The van der Waals surface area contributed by atoms with E-state index in [0.717, 1.165) is 32.5 Å². The highest BCUT2D eigenvalue weighted by Crippen LogP contribution is 2.04. The second kappa shape index (κ2) is 9.14. The SMILES string of the molecule is CCCCOCCC(Cc1cccnc1)NC. The molecule has 0 radical (unpaired) electrons. The molecule has 0 saturated carbocycles. The smallest absolute Gasteiger partial charge is 0.0480 e. The summed E-state index contributed by atoms with van der Waals surface area (Å²) in [4.78, 5) is 4.13. The molecule has 1 rings (SSSR count). The van der Waals surface area contributed by atoms with Gasteiger partial charge in [-0.05, 0) is 37.9 Å². The van der Waals surface area contributed by atoms with Crippen LogP contribution < -0.4 is 5.32 Å². The largest absolute Gasteiger partial charge is 0.381 e. The maximum atomic E-state index is 5.59. The molecule has 1 unspecified atom stereocenters. The van der Waals surface area contributed by atoms with Gasteiger partial charge in [-0.2, -0.15) is 0 Å². The van der Waals surface area contributed by atoms with Crippen LogP contribution in [0.1, 0.15) is 31.7 Å². The number of unbranched alkanes of at least 4 members (excludes halogenated alkanes) is 1. The molecule has 0 aliphatic heterocycles. The number of pyridine rings is 1. The predicted molar refractivity (Wildman–Crippen MR) is 71.1 cm³/mol. The molecule has 1 aromatic heterocycles. The van der Waals surface area contributed by atoms with E-state index in [9.17, 15) is 0 Å². The summed E-state index contributed by atoms with van der Waals surface area (Å²) < 4.78 is 5.59. The van der Waals surface area contributed by atoms with Gasteiger partial charge in [0.2, 0.25) is 0 Å². The summed E-state index contributed by atoms with van der Waals surface area (Å²) in [7, 11) is 2.01. The summed E-state index contributed by atoms with van der Waals surface area (Å²) in [5, 5.41) is 3.33. The first-order chi connectivity index (χ1) is 8.36. The van der Waals surface area contributed by atoms with Gasteiger partial charge in [-0.15, -0.1) is 0 Å². The zero-order chi connectivity index (χ0) is 12.3. The standard InChI is InChI=1S/C14H24N2O/c1-3-4-9-17-10-7-14(15-2)11-13-6-5-8-16-12-13/h5-6,8,12,14-15H,3-4,7,9-11H2,1-2H3. The molecule has 0 aliphatic carbocycles. The van der Waals surface area contributed by atoms with Crippen LogP contribution in [0.2, 0.25) is 0 Å². The van der Waals surface area contributed by atoms with Crippen LogP contribution >= 0.6 is 0 Å². The van der Waals surface area contributed by atoms with Gasteiger partial charge in [0, 0.05) is 31.6 Å². The van der Waals surface area contributed by atoms with E-state index in [1.165, 1.54) is 12.0 Å². The van der Waals surface area contributed by atoms with E-state index in [-0.39, 0.29) is 0 Å². The lowest BCUT2D eigenvalue weighted by Crippen LogP contribution is -2.29. The Morgan fingerprint density at radius 3 is 2.94 bits per heavy atom. The Kier molecular flexibility index (Phi) is 7.60. The van der Waals surface area contributed by atoms with Crippen molar-refractivity contribution in [1.82, 2.24) is 10.3 Å². The Morgan fingerprint density at radius 2 is 2.29 bits per heavy atom. The minimum Gasteiger partial charge on any atom is -0.381 e. The lowest BCUT2D eigenvalue weighted by Gasteiger charge is -2.16. The molecule has 3 nitrogen and oxygen atoms in total. The molecule has 0 aromatic carbocycles. The van der Waals surface area contributed by atoms with Crippen LogP contribution in [0.15, 0.2) is 24.5 Å². The van der Waals surface area contributed by atoms with Crippen LogP contribution in [0.5, 0.6) is 0 Å². The minimum absolute atomic E-state index is 0.473. The summed E-state index contributed by atoms with van der Waals surface area (Å²) in [6.45, 7) is 3.91. The van der Waals surface area contributed by atoms with Gasteiger partial charge in [0.05, 0.1) is 0 Å². The maximum Gasteiger partial charge on any atom is 0.0480 e. The van der Waals surface area contributed by atoms with Crippen molar-refractivity contribution in [1.29, 1.82) is 0 Å². The van der Waals surface area contributed by atoms with Crippen molar-refractivity contribution in [2.45, 2.75) is 38.6 Å². The van der Waals surface area contributed by atoms with E-state index >= 15 is 0 Å². The van der Waals surface area contributed by atoms with Crippen LogP contribution in [0.25, 0.3) is 0 Å². The number of nitrogens with one attached hydrogen (secondary N) is 1. The summed E-state index contributed by atoms with van der Waals surface area (Å²) >= 11 is 0. The number of hydrogen-bond acceptors (Lipinski definition) is 3. The van der Waals surface area contributed by atoms with Gasteiger partial charge in [0.15, 0.2) is 0 Å². The second-order valence-corrected chi connectivity index (χ2v) is 4.31. The molecular formula is C14H24N2O. The summed E-state index contributed by atoms with van der Waals surface area (Å²) in [5.74, 6) is 0. The average molecular weight is 236 g/mol. The zero-order valence-corrected chi connectivity index (χ0v) is 11.0. The first kappa shape index (κ1) is 14.1. The molecular weight excluding hydrogens is 212 g/mol. The summed E-state index contributed by atoms with van der Waals surface area (Å²) in [6.07, 6.45) is 8.17. The van der Waals surface area contributed by atoms with Crippen molar-refractivity contribution in [3.05, 3.63) is 30.1 Å². The minimum atomic E-state index is 0.473. The molecule has 0 amide bonds. The fraction of sp³-hybridized carbons (Fsp3) is 0.643. The van der Waals surface area contributed by atoms with E-state index < -0.39 is 0 Å². The van der Waals surface area contributed by atoms with Crippen molar-refractivity contribution < 1.29 is 4.74 Å². The van der Waals surface area contributed by atoms with Gasteiger partial charge in [-0.3, -0.25) is 4.98 Å². The van der Waals surface area contributed by atoms with Crippen molar-refractivity contribution in [3.63, 3.8) is 0 Å². The number of ether oxygens (including phenoxy) is 1. The van der Waals surface area contributed by atoms with E-state index in [4.69, 9.17) is 4.74 Å². The number of rotatable bonds is 9. The Morgan fingerprint density at radius 1 is 1.41 bits per heavy atom. The first-order valence-corrected chi connectivity index (χ1v) is 6.50. The Bertz CT molecular complexity index is 277. The van der Waals surface area contributed by atoms with Gasteiger partial charge < -0.3 is 10.1 Å². The van der Waals surface area contributed by atoms with Crippen molar-refractivity contribution >= 4 is 0 Å². The fourth-order valence-electron chi connectivity index (χ4n) is 1.73. The normalized spacial score (nSPS) is 12.6. The van der Waals surface area contributed by atoms with Gasteiger partial charge in [0.25, 0.3) is 0 Å². The van der Waals surface area contributed by atoms with Crippen LogP contribution in [-0.2, 0) is 11.2 Å². The average Bonchev–Trinajstić information content (AvgIpc) is 2.38. The number of aromatic nitrogens is 1. The van der Waals surface area contributed by atoms with Crippen LogP contribution in [0, 0.1) is 0 Å². The molecule has 17 heavy (non-hydrogen) atoms. The molecule has 3 heteroatoms. The number of nitrogens with zero attached hydrogens (tertiary/aromatic N) is 1. The van der Waals surface area contributed by atoms with E-state index in [1.54, 1.807) is 0 Å². The molecule has 96 valence electrons.